The molecule has 7 heteroatoms. The van der Waals surface area contributed by atoms with Gasteiger partial charge in [-0.2, -0.15) is 13.5 Å². The number of fused-ring (bicyclic) bond motifs is 5. The molecule has 5 rings (SSSR count). The Labute approximate surface area is 197 Å². The molecule has 2 aromatic carbocycles. The zero-order valence-electron chi connectivity index (χ0n) is 20.4. The molecule has 6 nitrogen and oxygen atoms in total. The van der Waals surface area contributed by atoms with Gasteiger partial charge in [0.25, 0.3) is 10.0 Å². The molecule has 0 aromatic heterocycles. The molecule has 1 aliphatic heterocycles. The van der Waals surface area contributed by atoms with Crippen molar-refractivity contribution in [1.82, 2.24) is 4.83 Å². The fourth-order valence-electron chi connectivity index (χ4n) is 5.92. The van der Waals surface area contributed by atoms with Gasteiger partial charge in [-0.05, 0) is 99.1 Å². The number of nitrogens with one attached hydrogen (secondary N) is 1. The minimum atomic E-state index is -3.80. The molecule has 5 atom stereocenters. The van der Waals surface area contributed by atoms with Gasteiger partial charge in [-0.3, -0.25) is 0 Å². The van der Waals surface area contributed by atoms with Crippen molar-refractivity contribution in [3.63, 3.8) is 0 Å². The molecule has 0 bridgehead atoms. The number of ether oxygens (including phenoxy) is 2. The van der Waals surface area contributed by atoms with Gasteiger partial charge in [0.1, 0.15) is 5.75 Å². The van der Waals surface area contributed by atoms with Crippen LogP contribution in [0, 0.1) is 18.8 Å². The maximum absolute atomic E-state index is 12.7. The Morgan fingerprint density at radius 3 is 2.76 bits per heavy atom. The molecule has 1 heterocycles. The molecule has 1 N–H and O–H groups in total. The van der Waals surface area contributed by atoms with Crippen LogP contribution in [0.15, 0.2) is 52.5 Å². The topological polar surface area (TPSA) is 77.0 Å². The van der Waals surface area contributed by atoms with Crippen LogP contribution in [0.25, 0.3) is 0 Å². The summed E-state index contributed by atoms with van der Waals surface area (Å²) in [7, 11) is -2.10. The van der Waals surface area contributed by atoms with Gasteiger partial charge in [0.15, 0.2) is 0 Å². The highest BCUT2D eigenvalue weighted by molar-refractivity contribution is 7.89. The van der Waals surface area contributed by atoms with Crippen molar-refractivity contribution < 1.29 is 19.3 Å². The fourth-order valence-corrected chi connectivity index (χ4v) is 6.76. The van der Waals surface area contributed by atoms with E-state index in [1.165, 1.54) is 11.1 Å². The first-order valence-corrected chi connectivity index (χ1v) is 13.1. The number of benzene rings is 2. The second-order valence-corrected chi connectivity index (χ2v) is 11.4. The number of rotatable bonds is 4. The lowest BCUT2D eigenvalue weighted by Gasteiger charge is -2.53. The molecule has 0 spiro atoms. The van der Waals surface area contributed by atoms with Crippen molar-refractivity contribution in [2.45, 2.75) is 62.4 Å². The van der Waals surface area contributed by atoms with Gasteiger partial charge < -0.3 is 9.47 Å². The molecule has 33 heavy (non-hydrogen) atoms. The minimum absolute atomic E-state index is 0.155. The lowest BCUT2D eigenvalue weighted by atomic mass is 9.57. The first-order chi connectivity index (χ1) is 16.2. The van der Waals surface area contributed by atoms with E-state index in [9.17, 15) is 8.42 Å². The number of nitrogens with zero attached hydrogens (tertiary/aromatic N) is 1. The second kappa shape index (κ2) is 8.44. The Morgan fingerprint density at radius 1 is 1.21 bits per heavy atom. The summed E-state index contributed by atoms with van der Waals surface area (Å²) in [5.74, 6) is 1.92. The van der Waals surface area contributed by atoms with E-state index in [0.29, 0.717) is 24.0 Å². The van der Waals surface area contributed by atoms with E-state index in [4.69, 9.17) is 10.8 Å². The molecule has 3 aliphatic rings. The number of aryl methyl sites for hydroxylation is 2. The molecule has 0 radical (unpaired) electrons. The molecule has 2 aliphatic carbocycles. The number of hydrogen-bond acceptors (Lipinski definition) is 5. The van der Waals surface area contributed by atoms with Crippen LogP contribution in [0.4, 0.5) is 0 Å². The molecule has 2 aromatic rings. The molecular weight excluding hydrogens is 436 g/mol. The highest BCUT2D eigenvalue weighted by atomic mass is 32.2. The highest BCUT2D eigenvalue weighted by Crippen LogP contribution is 2.55. The van der Waals surface area contributed by atoms with Crippen molar-refractivity contribution in [2.24, 2.45) is 16.9 Å². The summed E-state index contributed by atoms with van der Waals surface area (Å²) in [5.41, 5.74) is 3.78. The predicted molar refractivity (Wildman–Crippen MR) is 128 cm³/mol. The van der Waals surface area contributed by atoms with Crippen LogP contribution in [0.2, 0.25) is 0 Å². The van der Waals surface area contributed by atoms with Crippen LogP contribution >= 0.6 is 0 Å². The van der Waals surface area contributed by atoms with Crippen LogP contribution < -0.4 is 9.57 Å². The normalized spacial score (nSPS) is 32.8. The number of hydrazone groups is 1. The molecule has 2 fully saturated rings. The number of hydrogen-bond donors (Lipinski definition) is 1. The summed E-state index contributed by atoms with van der Waals surface area (Å²) in [6.07, 6.45) is 4.49. The molecular formula is C26H32N2O4S. The third kappa shape index (κ3) is 4.17. The second-order valence-electron chi connectivity index (χ2n) is 9.78. The summed E-state index contributed by atoms with van der Waals surface area (Å²) >= 11 is 0. The SMILES string of the molecule is [2H][C@H]1O[C@@]2(C)CCC3c4ccc(OC)cc4CCC3[C@@H]2C/C1=N/NS(=O)(=O)c1ccc(C)cc1. The minimum Gasteiger partial charge on any atom is -0.497 e. The maximum Gasteiger partial charge on any atom is 0.276 e. The lowest BCUT2D eigenvalue weighted by molar-refractivity contribution is -0.120. The zero-order valence-corrected chi connectivity index (χ0v) is 20.2. The Morgan fingerprint density at radius 2 is 2.00 bits per heavy atom. The van der Waals surface area contributed by atoms with E-state index in [1.54, 1.807) is 31.4 Å². The monoisotopic (exact) mass is 469 g/mol. The summed E-state index contributed by atoms with van der Waals surface area (Å²) in [6.45, 7) is 3.05. The largest absolute Gasteiger partial charge is 0.497 e. The Kier molecular flexibility index (Phi) is 5.41. The van der Waals surface area contributed by atoms with Crippen molar-refractivity contribution in [2.75, 3.05) is 13.7 Å². The van der Waals surface area contributed by atoms with Crippen LogP contribution in [-0.4, -0.2) is 33.4 Å². The lowest BCUT2D eigenvalue weighted by Crippen LogP contribution is -2.53. The molecule has 2 unspecified atom stereocenters. The summed E-state index contributed by atoms with van der Waals surface area (Å²) in [5, 5.41) is 4.21. The first-order valence-electron chi connectivity index (χ1n) is 12.2. The van der Waals surface area contributed by atoms with E-state index >= 15 is 0 Å². The average Bonchev–Trinajstić information content (AvgIpc) is 2.82. The van der Waals surface area contributed by atoms with Crippen LogP contribution in [0.3, 0.4) is 0 Å². The van der Waals surface area contributed by atoms with Crippen molar-refractivity contribution >= 4 is 15.7 Å². The van der Waals surface area contributed by atoms with Crippen LogP contribution in [-0.2, 0) is 21.2 Å². The number of methoxy groups -OCH3 is 1. The van der Waals surface area contributed by atoms with Gasteiger partial charge >= 0.3 is 0 Å². The van der Waals surface area contributed by atoms with Gasteiger partial charge in [0.2, 0.25) is 0 Å². The zero-order chi connectivity index (χ0) is 24.1. The summed E-state index contributed by atoms with van der Waals surface area (Å²) in [6, 6.07) is 13.0. The van der Waals surface area contributed by atoms with E-state index in [-0.39, 0.29) is 10.8 Å². The first kappa shape index (κ1) is 21.2. The van der Waals surface area contributed by atoms with Gasteiger partial charge in [-0.1, -0.05) is 23.8 Å². The predicted octanol–water partition coefficient (Wildman–Crippen LogP) is 4.57. The maximum atomic E-state index is 12.7. The third-order valence-electron chi connectivity index (χ3n) is 7.80. The van der Waals surface area contributed by atoms with Crippen LogP contribution in [0.5, 0.6) is 5.75 Å². The van der Waals surface area contributed by atoms with Crippen molar-refractivity contribution in [1.29, 1.82) is 0 Å². The highest BCUT2D eigenvalue weighted by Gasteiger charge is 2.51. The Hall–Kier alpha value is -2.38. The Bertz CT molecular complexity index is 1210. The molecule has 1 saturated heterocycles. The quantitative estimate of drug-likeness (QED) is 0.666. The molecule has 0 amide bonds. The third-order valence-corrected chi connectivity index (χ3v) is 9.02. The number of sulfonamides is 1. The molecule has 1 saturated carbocycles. The van der Waals surface area contributed by atoms with Gasteiger partial charge in [0, 0.05) is 0 Å². The van der Waals surface area contributed by atoms with Crippen molar-refractivity contribution in [3.05, 3.63) is 59.2 Å². The smallest absolute Gasteiger partial charge is 0.276 e. The van der Waals surface area contributed by atoms with E-state index < -0.39 is 22.2 Å². The summed E-state index contributed by atoms with van der Waals surface area (Å²) < 4.78 is 45.6. The average molecular weight is 470 g/mol. The molecule has 176 valence electrons. The fraction of sp³-hybridized carbons (Fsp3) is 0.500. The van der Waals surface area contributed by atoms with Gasteiger partial charge in [-0.25, -0.2) is 4.83 Å². The van der Waals surface area contributed by atoms with E-state index in [1.807, 2.05) is 13.0 Å². The standard InChI is InChI=1S/C26H32N2O4S/c1-17-4-8-21(9-5-17)33(29,30)28-27-19-15-25-24-10-6-18-14-20(31-3)7-11-22(18)23(24)12-13-26(25,2)32-16-19/h4-5,7-9,11,14,23-25,28H,6,10,12-13,15-16H2,1-3H3/b27-19-/t23?,24?,25-,26-/m0/s1/i16D/t16-,23?,24?,25+,26+/m1. The van der Waals surface area contributed by atoms with Crippen molar-refractivity contribution in [3.8, 4) is 5.75 Å². The van der Waals surface area contributed by atoms with Crippen LogP contribution in [0.1, 0.15) is 56.6 Å². The van der Waals surface area contributed by atoms with Gasteiger partial charge in [-0.15, -0.1) is 0 Å². The van der Waals surface area contributed by atoms with E-state index in [2.05, 4.69) is 29.0 Å². The van der Waals surface area contributed by atoms with E-state index in [0.717, 1.165) is 37.0 Å². The van der Waals surface area contributed by atoms with Gasteiger partial charge in [0.05, 0.1) is 31.3 Å². The summed E-state index contributed by atoms with van der Waals surface area (Å²) in [4.78, 5) is 2.50. The Balaban J connectivity index is 1.39.